The van der Waals surface area contributed by atoms with E-state index in [1.54, 1.807) is 6.07 Å². The van der Waals surface area contributed by atoms with Crippen molar-refractivity contribution in [3.63, 3.8) is 0 Å². The zero-order valence-corrected chi connectivity index (χ0v) is 9.04. The van der Waals surface area contributed by atoms with Crippen LogP contribution in [0.5, 0.6) is 0 Å². The Morgan fingerprint density at radius 1 is 1.33 bits per heavy atom. The molecule has 1 fully saturated rings. The fourth-order valence-electron chi connectivity index (χ4n) is 2.11. The number of nitrogens with two attached hydrogens (primary N) is 1. The smallest absolute Gasteiger partial charge is 0.123 e. The van der Waals surface area contributed by atoms with Crippen LogP contribution in [0.2, 0.25) is 0 Å². The highest BCUT2D eigenvalue weighted by Gasteiger charge is 2.17. The van der Waals surface area contributed by atoms with Crippen molar-refractivity contribution < 1.29 is 4.39 Å². The van der Waals surface area contributed by atoms with Crippen molar-refractivity contribution in [2.45, 2.75) is 25.8 Å². The monoisotopic (exact) mass is 208 g/mol. The third-order valence-corrected chi connectivity index (χ3v) is 3.04. The van der Waals surface area contributed by atoms with Crippen LogP contribution in [0.15, 0.2) is 18.2 Å². The molecule has 3 heteroatoms. The van der Waals surface area contributed by atoms with E-state index in [0.29, 0.717) is 6.04 Å². The Morgan fingerprint density at radius 3 is 2.60 bits per heavy atom. The molecule has 82 valence electrons. The average molecular weight is 208 g/mol. The first-order valence-corrected chi connectivity index (χ1v) is 5.43. The lowest BCUT2D eigenvalue weighted by atomic mass is 10.0. The minimum atomic E-state index is -0.162. The third kappa shape index (κ3) is 2.29. The first-order valence-electron chi connectivity index (χ1n) is 5.43. The molecule has 1 aliphatic rings. The maximum atomic E-state index is 12.9. The summed E-state index contributed by atoms with van der Waals surface area (Å²) >= 11 is 0. The first kappa shape index (κ1) is 10.4. The second-order valence-corrected chi connectivity index (χ2v) is 4.26. The average Bonchev–Trinajstić information content (AvgIpc) is 2.20. The molecule has 1 aromatic rings. The Kier molecular flexibility index (Phi) is 2.91. The van der Waals surface area contributed by atoms with Crippen LogP contribution >= 0.6 is 0 Å². The molecule has 0 aromatic heterocycles. The van der Waals surface area contributed by atoms with Crippen molar-refractivity contribution in [3.05, 3.63) is 29.6 Å². The van der Waals surface area contributed by atoms with E-state index in [-0.39, 0.29) is 5.82 Å². The van der Waals surface area contributed by atoms with Crippen molar-refractivity contribution in [2.24, 2.45) is 5.73 Å². The van der Waals surface area contributed by atoms with Crippen molar-refractivity contribution in [3.8, 4) is 0 Å². The van der Waals surface area contributed by atoms with E-state index in [9.17, 15) is 4.39 Å². The molecule has 0 unspecified atom stereocenters. The van der Waals surface area contributed by atoms with Gasteiger partial charge in [0.25, 0.3) is 0 Å². The standard InChI is InChI=1S/C12H17FN2/c1-9-8-10(13)2-3-12(9)15-6-4-11(14)5-7-15/h2-3,8,11H,4-7,14H2,1H3. The van der Waals surface area contributed by atoms with Gasteiger partial charge in [-0.1, -0.05) is 0 Å². The molecule has 2 nitrogen and oxygen atoms in total. The molecule has 15 heavy (non-hydrogen) atoms. The van der Waals surface area contributed by atoms with Gasteiger partial charge in [-0.2, -0.15) is 0 Å². The molecule has 0 spiro atoms. The summed E-state index contributed by atoms with van der Waals surface area (Å²) in [5.41, 5.74) is 8.00. The molecular formula is C12H17FN2. The first-order chi connectivity index (χ1) is 7.16. The SMILES string of the molecule is Cc1cc(F)ccc1N1CCC(N)CC1. The predicted octanol–water partition coefficient (Wildman–Crippen LogP) is 2.06. The van der Waals surface area contributed by atoms with Crippen molar-refractivity contribution in [1.82, 2.24) is 0 Å². The summed E-state index contributed by atoms with van der Waals surface area (Å²) in [6.07, 6.45) is 2.05. The Labute approximate surface area is 89.9 Å². The summed E-state index contributed by atoms with van der Waals surface area (Å²) in [4.78, 5) is 2.29. The lowest BCUT2D eigenvalue weighted by Crippen LogP contribution is -2.39. The number of hydrogen-bond acceptors (Lipinski definition) is 2. The lowest BCUT2D eigenvalue weighted by molar-refractivity contribution is 0.500. The molecule has 2 N–H and O–H groups in total. The van der Waals surface area contributed by atoms with E-state index in [1.165, 1.54) is 6.07 Å². The van der Waals surface area contributed by atoms with Gasteiger partial charge >= 0.3 is 0 Å². The summed E-state index contributed by atoms with van der Waals surface area (Å²) < 4.78 is 12.9. The fraction of sp³-hybridized carbons (Fsp3) is 0.500. The Hall–Kier alpha value is -1.09. The van der Waals surface area contributed by atoms with Crippen molar-refractivity contribution in [1.29, 1.82) is 0 Å². The Morgan fingerprint density at radius 2 is 2.00 bits per heavy atom. The molecule has 0 atom stereocenters. The minimum Gasteiger partial charge on any atom is -0.371 e. The molecule has 2 rings (SSSR count). The maximum Gasteiger partial charge on any atom is 0.123 e. The fourth-order valence-corrected chi connectivity index (χ4v) is 2.11. The van der Waals surface area contributed by atoms with Gasteiger partial charge in [-0.3, -0.25) is 0 Å². The largest absolute Gasteiger partial charge is 0.371 e. The number of nitrogens with zero attached hydrogens (tertiary/aromatic N) is 1. The van der Waals surface area contributed by atoms with E-state index in [2.05, 4.69) is 4.90 Å². The van der Waals surface area contributed by atoms with Gasteiger partial charge in [-0.05, 0) is 43.5 Å². The van der Waals surface area contributed by atoms with Gasteiger partial charge in [-0.25, -0.2) is 4.39 Å². The van der Waals surface area contributed by atoms with Crippen LogP contribution in [0.3, 0.4) is 0 Å². The molecule has 1 heterocycles. The second-order valence-electron chi connectivity index (χ2n) is 4.26. The number of benzene rings is 1. The highest BCUT2D eigenvalue weighted by Crippen LogP contribution is 2.23. The van der Waals surface area contributed by atoms with E-state index < -0.39 is 0 Å². The molecule has 0 bridgehead atoms. The van der Waals surface area contributed by atoms with E-state index >= 15 is 0 Å². The Balaban J connectivity index is 2.15. The van der Waals surface area contributed by atoms with Gasteiger partial charge < -0.3 is 10.6 Å². The van der Waals surface area contributed by atoms with Crippen molar-refractivity contribution >= 4 is 5.69 Å². The van der Waals surface area contributed by atoms with Gasteiger partial charge in [0.1, 0.15) is 5.82 Å². The van der Waals surface area contributed by atoms with E-state index in [1.807, 2.05) is 13.0 Å². The summed E-state index contributed by atoms with van der Waals surface area (Å²) in [6.45, 7) is 3.91. The number of hydrogen-bond donors (Lipinski definition) is 1. The minimum absolute atomic E-state index is 0.162. The normalized spacial score (nSPS) is 18.2. The van der Waals surface area contributed by atoms with Crippen LogP contribution in [0, 0.1) is 12.7 Å². The van der Waals surface area contributed by atoms with Gasteiger partial charge in [-0.15, -0.1) is 0 Å². The molecule has 0 radical (unpaired) electrons. The van der Waals surface area contributed by atoms with Crippen LogP contribution in [0.25, 0.3) is 0 Å². The zero-order chi connectivity index (χ0) is 10.8. The van der Waals surface area contributed by atoms with E-state index in [4.69, 9.17) is 5.73 Å². The summed E-state index contributed by atoms with van der Waals surface area (Å²) in [5, 5.41) is 0. The molecule has 0 saturated carbocycles. The van der Waals surface area contributed by atoms with Gasteiger partial charge in [0.05, 0.1) is 0 Å². The number of aryl methyl sites for hydroxylation is 1. The molecular weight excluding hydrogens is 191 g/mol. The maximum absolute atomic E-state index is 12.9. The van der Waals surface area contributed by atoms with Crippen LogP contribution in [0.1, 0.15) is 18.4 Å². The summed E-state index contributed by atoms with van der Waals surface area (Å²) in [7, 11) is 0. The number of rotatable bonds is 1. The van der Waals surface area contributed by atoms with Gasteiger partial charge in [0.2, 0.25) is 0 Å². The highest BCUT2D eigenvalue weighted by molar-refractivity contribution is 5.53. The number of piperidine rings is 1. The number of anilines is 1. The molecule has 0 amide bonds. The van der Waals surface area contributed by atoms with Gasteiger partial charge in [0.15, 0.2) is 0 Å². The third-order valence-electron chi connectivity index (χ3n) is 3.04. The molecule has 1 aliphatic heterocycles. The van der Waals surface area contributed by atoms with Crippen LogP contribution < -0.4 is 10.6 Å². The van der Waals surface area contributed by atoms with Crippen LogP contribution in [-0.4, -0.2) is 19.1 Å². The summed E-state index contributed by atoms with van der Waals surface area (Å²) in [5.74, 6) is -0.162. The molecule has 1 aromatic carbocycles. The van der Waals surface area contributed by atoms with Crippen molar-refractivity contribution in [2.75, 3.05) is 18.0 Å². The highest BCUT2D eigenvalue weighted by atomic mass is 19.1. The number of halogens is 1. The van der Waals surface area contributed by atoms with E-state index in [0.717, 1.165) is 37.2 Å². The summed E-state index contributed by atoms with van der Waals surface area (Å²) in [6, 6.07) is 5.31. The lowest BCUT2D eigenvalue weighted by Gasteiger charge is -2.33. The quantitative estimate of drug-likeness (QED) is 0.765. The van der Waals surface area contributed by atoms with Crippen LogP contribution in [-0.2, 0) is 0 Å². The molecule has 1 saturated heterocycles. The zero-order valence-electron chi connectivity index (χ0n) is 9.04. The van der Waals surface area contributed by atoms with Gasteiger partial charge in [0, 0.05) is 24.8 Å². The second kappa shape index (κ2) is 4.19. The Bertz CT molecular complexity index is 343. The topological polar surface area (TPSA) is 29.3 Å². The van der Waals surface area contributed by atoms with Crippen LogP contribution in [0.4, 0.5) is 10.1 Å². The molecule has 0 aliphatic carbocycles. The predicted molar refractivity (Wildman–Crippen MR) is 60.6 cm³/mol.